The lowest BCUT2D eigenvalue weighted by Gasteiger charge is -2.30. The molecule has 0 radical (unpaired) electrons. The minimum Gasteiger partial charge on any atom is -0.497 e. The summed E-state index contributed by atoms with van der Waals surface area (Å²) in [7, 11) is -2.05. The first-order valence-electron chi connectivity index (χ1n) is 12.0. The van der Waals surface area contributed by atoms with Crippen molar-refractivity contribution in [3.63, 3.8) is 0 Å². The highest BCUT2D eigenvalue weighted by molar-refractivity contribution is 7.89. The summed E-state index contributed by atoms with van der Waals surface area (Å²) < 4.78 is 32.8. The van der Waals surface area contributed by atoms with Crippen LogP contribution in [0.1, 0.15) is 58.3 Å². The number of ether oxygens (including phenoxy) is 1. The number of benzene rings is 1. The van der Waals surface area contributed by atoms with Gasteiger partial charge in [0.05, 0.1) is 12.0 Å². The zero-order valence-electron chi connectivity index (χ0n) is 19.7. The van der Waals surface area contributed by atoms with Crippen LogP contribution in [0.25, 0.3) is 0 Å². The molecule has 0 unspecified atom stereocenters. The van der Waals surface area contributed by atoms with Gasteiger partial charge in [-0.1, -0.05) is 12.8 Å². The van der Waals surface area contributed by atoms with E-state index in [1.54, 1.807) is 19.1 Å². The summed E-state index contributed by atoms with van der Waals surface area (Å²) in [6.45, 7) is 3.67. The Labute approximate surface area is 197 Å². The van der Waals surface area contributed by atoms with Gasteiger partial charge < -0.3 is 15.0 Å². The summed E-state index contributed by atoms with van der Waals surface area (Å²) >= 11 is 0. The SMILES string of the molecule is COc1ccc(S(=O)(=O)NCC2CCC(C(=O)N[C@@H](C)C(=O)N3CCCCCC3)CC2)cc1. The van der Waals surface area contributed by atoms with Crippen LogP contribution in [-0.2, 0) is 19.6 Å². The fraction of sp³-hybridized carbons (Fsp3) is 0.667. The van der Waals surface area contributed by atoms with E-state index in [-0.39, 0.29) is 28.5 Å². The van der Waals surface area contributed by atoms with E-state index in [9.17, 15) is 18.0 Å². The fourth-order valence-electron chi connectivity index (χ4n) is 4.65. The second kappa shape index (κ2) is 11.8. The predicted octanol–water partition coefficient (Wildman–Crippen LogP) is 2.69. The van der Waals surface area contributed by atoms with Crippen LogP contribution in [0.2, 0.25) is 0 Å². The van der Waals surface area contributed by atoms with Crippen molar-refractivity contribution in [1.82, 2.24) is 14.9 Å². The molecule has 1 aromatic rings. The number of methoxy groups -OCH3 is 1. The molecule has 1 heterocycles. The van der Waals surface area contributed by atoms with Crippen LogP contribution in [0.4, 0.5) is 0 Å². The molecular weight excluding hydrogens is 442 g/mol. The van der Waals surface area contributed by atoms with E-state index in [2.05, 4.69) is 10.0 Å². The predicted molar refractivity (Wildman–Crippen MR) is 126 cm³/mol. The first kappa shape index (κ1) is 25.5. The summed E-state index contributed by atoms with van der Waals surface area (Å²) in [5.74, 6) is 0.611. The Bertz CT molecular complexity index is 887. The number of amides is 2. The van der Waals surface area contributed by atoms with Crippen LogP contribution in [0.5, 0.6) is 5.75 Å². The Morgan fingerprint density at radius 1 is 1.03 bits per heavy atom. The van der Waals surface area contributed by atoms with Gasteiger partial charge in [0, 0.05) is 25.6 Å². The van der Waals surface area contributed by atoms with Crippen molar-refractivity contribution in [3.05, 3.63) is 24.3 Å². The number of rotatable bonds is 8. The third-order valence-electron chi connectivity index (χ3n) is 6.80. The van der Waals surface area contributed by atoms with Crippen LogP contribution in [0.15, 0.2) is 29.2 Å². The largest absolute Gasteiger partial charge is 0.497 e. The number of hydrogen-bond acceptors (Lipinski definition) is 5. The van der Waals surface area contributed by atoms with E-state index >= 15 is 0 Å². The van der Waals surface area contributed by atoms with Gasteiger partial charge in [-0.3, -0.25) is 9.59 Å². The molecule has 0 bridgehead atoms. The highest BCUT2D eigenvalue weighted by atomic mass is 32.2. The smallest absolute Gasteiger partial charge is 0.244 e. The molecule has 0 aromatic heterocycles. The molecule has 33 heavy (non-hydrogen) atoms. The molecule has 2 aliphatic rings. The third-order valence-corrected chi connectivity index (χ3v) is 8.24. The Morgan fingerprint density at radius 2 is 1.64 bits per heavy atom. The minimum absolute atomic E-state index is 0.00637. The lowest BCUT2D eigenvalue weighted by Crippen LogP contribution is -2.49. The van der Waals surface area contributed by atoms with Crippen molar-refractivity contribution in [2.24, 2.45) is 11.8 Å². The first-order valence-corrected chi connectivity index (χ1v) is 13.5. The second-order valence-electron chi connectivity index (χ2n) is 9.21. The molecule has 9 heteroatoms. The second-order valence-corrected chi connectivity index (χ2v) is 11.0. The molecule has 2 amide bonds. The normalized spacial score (nSPS) is 22.8. The summed E-state index contributed by atoms with van der Waals surface area (Å²) in [6.07, 6.45) is 7.32. The van der Waals surface area contributed by atoms with Crippen molar-refractivity contribution >= 4 is 21.8 Å². The van der Waals surface area contributed by atoms with Gasteiger partial charge in [-0.05, 0) is 75.6 Å². The number of hydrogen-bond donors (Lipinski definition) is 2. The van der Waals surface area contributed by atoms with Gasteiger partial charge in [0.15, 0.2) is 0 Å². The topological polar surface area (TPSA) is 105 Å². The van der Waals surface area contributed by atoms with Gasteiger partial charge >= 0.3 is 0 Å². The van der Waals surface area contributed by atoms with Gasteiger partial charge in [-0.2, -0.15) is 0 Å². The molecule has 1 saturated heterocycles. The standard InChI is InChI=1S/C24H37N3O5S/c1-18(24(29)27-15-5-3-4-6-16-27)26-23(28)20-9-7-19(8-10-20)17-25-33(30,31)22-13-11-21(32-2)12-14-22/h11-14,18-20,25H,3-10,15-17H2,1-2H3,(H,26,28)/t18-,19?,20?/m0/s1. The number of carbonyl (C=O) groups is 2. The molecule has 2 N–H and O–H groups in total. The number of carbonyl (C=O) groups excluding carboxylic acids is 2. The third kappa shape index (κ3) is 7.17. The minimum atomic E-state index is -3.58. The maximum atomic E-state index is 12.7. The zero-order chi connectivity index (χ0) is 23.8. The van der Waals surface area contributed by atoms with Crippen LogP contribution < -0.4 is 14.8 Å². The number of nitrogens with zero attached hydrogens (tertiary/aromatic N) is 1. The number of nitrogens with one attached hydrogen (secondary N) is 2. The maximum absolute atomic E-state index is 12.7. The molecule has 1 aromatic carbocycles. The Hall–Kier alpha value is -2.13. The summed E-state index contributed by atoms with van der Waals surface area (Å²) in [5, 5.41) is 2.92. The van der Waals surface area contributed by atoms with Crippen LogP contribution in [0, 0.1) is 11.8 Å². The Morgan fingerprint density at radius 3 is 2.21 bits per heavy atom. The van der Waals surface area contributed by atoms with E-state index in [1.165, 1.54) is 19.2 Å². The molecule has 2 fully saturated rings. The average molecular weight is 480 g/mol. The zero-order valence-corrected chi connectivity index (χ0v) is 20.5. The van der Waals surface area contributed by atoms with E-state index in [4.69, 9.17) is 4.74 Å². The molecular formula is C24H37N3O5S. The van der Waals surface area contributed by atoms with E-state index in [1.807, 2.05) is 4.90 Å². The van der Waals surface area contributed by atoms with Crippen LogP contribution in [-0.4, -0.2) is 57.9 Å². The summed E-state index contributed by atoms with van der Waals surface area (Å²) in [4.78, 5) is 27.5. The quantitative estimate of drug-likeness (QED) is 0.597. The van der Waals surface area contributed by atoms with Gasteiger partial charge in [0.1, 0.15) is 11.8 Å². The monoisotopic (exact) mass is 479 g/mol. The summed E-state index contributed by atoms with van der Waals surface area (Å²) in [5.41, 5.74) is 0. The lowest BCUT2D eigenvalue weighted by atomic mass is 9.81. The van der Waals surface area contributed by atoms with Crippen molar-refractivity contribution in [2.45, 2.75) is 69.2 Å². The van der Waals surface area contributed by atoms with Crippen molar-refractivity contribution in [2.75, 3.05) is 26.7 Å². The van der Waals surface area contributed by atoms with Gasteiger partial charge in [0.25, 0.3) is 0 Å². The number of likely N-dealkylation sites (tertiary alicyclic amines) is 1. The molecule has 3 rings (SSSR count). The van der Waals surface area contributed by atoms with E-state index in [0.29, 0.717) is 25.1 Å². The number of sulfonamides is 1. The molecule has 1 aliphatic heterocycles. The maximum Gasteiger partial charge on any atom is 0.244 e. The van der Waals surface area contributed by atoms with Crippen LogP contribution >= 0.6 is 0 Å². The Balaban J connectivity index is 1.42. The summed E-state index contributed by atoms with van der Waals surface area (Å²) in [6, 6.07) is 5.78. The van der Waals surface area contributed by atoms with E-state index in [0.717, 1.165) is 51.6 Å². The van der Waals surface area contributed by atoms with Gasteiger partial charge in [-0.15, -0.1) is 0 Å². The fourth-order valence-corrected chi connectivity index (χ4v) is 5.77. The van der Waals surface area contributed by atoms with Gasteiger partial charge in [0.2, 0.25) is 21.8 Å². The molecule has 1 saturated carbocycles. The van der Waals surface area contributed by atoms with Crippen LogP contribution in [0.3, 0.4) is 0 Å². The van der Waals surface area contributed by atoms with Gasteiger partial charge in [-0.25, -0.2) is 13.1 Å². The molecule has 1 atom stereocenters. The lowest BCUT2D eigenvalue weighted by molar-refractivity contribution is -0.137. The van der Waals surface area contributed by atoms with Crippen molar-refractivity contribution < 1.29 is 22.7 Å². The van der Waals surface area contributed by atoms with Crippen molar-refractivity contribution in [1.29, 1.82) is 0 Å². The highest BCUT2D eigenvalue weighted by Gasteiger charge is 2.30. The first-order chi connectivity index (χ1) is 15.8. The molecule has 1 aliphatic carbocycles. The molecule has 8 nitrogen and oxygen atoms in total. The highest BCUT2D eigenvalue weighted by Crippen LogP contribution is 2.29. The molecule has 184 valence electrons. The van der Waals surface area contributed by atoms with Crippen molar-refractivity contribution in [3.8, 4) is 5.75 Å². The van der Waals surface area contributed by atoms with E-state index < -0.39 is 16.1 Å². The molecule has 0 spiro atoms. The average Bonchev–Trinajstić information content (AvgIpc) is 3.12. The Kier molecular flexibility index (Phi) is 9.14.